The molecule has 0 unspecified atom stereocenters. The fourth-order valence-electron chi connectivity index (χ4n) is 3.23. The third-order valence-corrected chi connectivity index (χ3v) is 5.71. The molecule has 4 rings (SSSR count). The molecule has 0 bridgehead atoms. The van der Waals surface area contributed by atoms with Crippen LogP contribution in [0.2, 0.25) is 0 Å². The SMILES string of the molecule is O=C(NCCc1nc2c(s1)CCC2)c1ccc2c(c1)ncn2CCO. The van der Waals surface area contributed by atoms with Crippen molar-refractivity contribution in [1.29, 1.82) is 0 Å². The average Bonchev–Trinajstić information content (AvgIpc) is 3.29. The molecular formula is C18H20N4O2S. The zero-order valence-corrected chi connectivity index (χ0v) is 14.7. The molecule has 1 aliphatic carbocycles. The predicted octanol–water partition coefficient (Wildman–Crippen LogP) is 1.95. The lowest BCUT2D eigenvalue weighted by Crippen LogP contribution is -2.25. The molecule has 0 saturated heterocycles. The summed E-state index contributed by atoms with van der Waals surface area (Å²) in [7, 11) is 0. The second-order valence-corrected chi connectivity index (χ2v) is 7.37. The number of benzene rings is 1. The largest absolute Gasteiger partial charge is 0.395 e. The number of aryl methyl sites for hydroxylation is 2. The molecule has 2 N–H and O–H groups in total. The third-order valence-electron chi connectivity index (χ3n) is 4.49. The van der Waals surface area contributed by atoms with Crippen LogP contribution in [-0.2, 0) is 25.8 Å². The van der Waals surface area contributed by atoms with Crippen LogP contribution < -0.4 is 5.32 Å². The number of carbonyl (C=O) groups excluding carboxylic acids is 1. The summed E-state index contributed by atoms with van der Waals surface area (Å²) in [5.41, 5.74) is 3.54. The zero-order valence-electron chi connectivity index (χ0n) is 13.9. The number of aliphatic hydroxyl groups excluding tert-OH is 1. The van der Waals surface area contributed by atoms with Crippen molar-refractivity contribution in [2.45, 2.75) is 32.2 Å². The van der Waals surface area contributed by atoms with E-state index in [0.717, 1.165) is 35.3 Å². The molecule has 0 radical (unpaired) electrons. The lowest BCUT2D eigenvalue weighted by molar-refractivity contribution is 0.0954. The maximum atomic E-state index is 12.3. The summed E-state index contributed by atoms with van der Waals surface area (Å²) in [6.07, 6.45) is 5.94. The number of amides is 1. The maximum absolute atomic E-state index is 12.3. The van der Waals surface area contributed by atoms with Crippen molar-refractivity contribution in [1.82, 2.24) is 19.9 Å². The van der Waals surface area contributed by atoms with Crippen molar-refractivity contribution in [3.8, 4) is 0 Å². The Morgan fingerprint density at radius 1 is 1.36 bits per heavy atom. The van der Waals surface area contributed by atoms with Gasteiger partial charge in [0.05, 0.1) is 34.7 Å². The van der Waals surface area contributed by atoms with Crippen LogP contribution in [-0.4, -0.2) is 38.7 Å². The van der Waals surface area contributed by atoms with Crippen LogP contribution in [0.1, 0.15) is 32.4 Å². The summed E-state index contributed by atoms with van der Waals surface area (Å²) in [6.45, 7) is 1.15. The highest BCUT2D eigenvalue weighted by molar-refractivity contribution is 7.11. The van der Waals surface area contributed by atoms with E-state index in [-0.39, 0.29) is 12.5 Å². The fourth-order valence-corrected chi connectivity index (χ4v) is 4.38. The van der Waals surface area contributed by atoms with E-state index in [9.17, 15) is 4.79 Å². The lowest BCUT2D eigenvalue weighted by Gasteiger charge is -2.05. The maximum Gasteiger partial charge on any atom is 0.251 e. The minimum atomic E-state index is -0.0947. The van der Waals surface area contributed by atoms with Crippen LogP contribution in [0.15, 0.2) is 24.5 Å². The van der Waals surface area contributed by atoms with E-state index in [2.05, 4.69) is 15.3 Å². The highest BCUT2D eigenvalue weighted by Crippen LogP contribution is 2.27. The van der Waals surface area contributed by atoms with E-state index in [0.29, 0.717) is 18.7 Å². The van der Waals surface area contributed by atoms with Gasteiger partial charge in [-0.25, -0.2) is 9.97 Å². The number of hydrogen-bond acceptors (Lipinski definition) is 5. The lowest BCUT2D eigenvalue weighted by atomic mass is 10.2. The Bertz CT molecular complexity index is 894. The van der Waals surface area contributed by atoms with Gasteiger partial charge in [-0.05, 0) is 37.5 Å². The van der Waals surface area contributed by atoms with Gasteiger partial charge in [-0.3, -0.25) is 4.79 Å². The van der Waals surface area contributed by atoms with Crippen molar-refractivity contribution < 1.29 is 9.90 Å². The van der Waals surface area contributed by atoms with Gasteiger partial charge < -0.3 is 15.0 Å². The number of aliphatic hydroxyl groups is 1. The van der Waals surface area contributed by atoms with Gasteiger partial charge in [0.15, 0.2) is 0 Å². The number of nitrogens with one attached hydrogen (secondary N) is 1. The smallest absolute Gasteiger partial charge is 0.251 e. The second-order valence-electron chi connectivity index (χ2n) is 6.20. The average molecular weight is 356 g/mol. The summed E-state index contributed by atoms with van der Waals surface area (Å²) in [4.78, 5) is 22.7. The van der Waals surface area contributed by atoms with Gasteiger partial charge in [-0.15, -0.1) is 11.3 Å². The molecular weight excluding hydrogens is 336 g/mol. The Morgan fingerprint density at radius 3 is 3.12 bits per heavy atom. The van der Waals surface area contributed by atoms with E-state index in [1.54, 1.807) is 29.8 Å². The van der Waals surface area contributed by atoms with Crippen molar-refractivity contribution in [2.75, 3.05) is 13.2 Å². The second kappa shape index (κ2) is 6.93. The first-order valence-electron chi connectivity index (χ1n) is 8.56. The molecule has 130 valence electrons. The highest BCUT2D eigenvalue weighted by atomic mass is 32.1. The number of carbonyl (C=O) groups is 1. The molecule has 0 spiro atoms. The number of imidazole rings is 1. The minimum Gasteiger partial charge on any atom is -0.395 e. The number of rotatable bonds is 6. The zero-order chi connectivity index (χ0) is 17.2. The van der Waals surface area contributed by atoms with Crippen molar-refractivity contribution >= 4 is 28.3 Å². The monoisotopic (exact) mass is 356 g/mol. The fraction of sp³-hybridized carbons (Fsp3) is 0.389. The summed E-state index contributed by atoms with van der Waals surface area (Å²) in [5.74, 6) is -0.0947. The molecule has 2 aromatic heterocycles. The summed E-state index contributed by atoms with van der Waals surface area (Å²) in [6, 6.07) is 5.46. The van der Waals surface area contributed by atoms with Gasteiger partial charge in [0, 0.05) is 30.0 Å². The Labute approximate surface area is 149 Å². The molecule has 25 heavy (non-hydrogen) atoms. The van der Waals surface area contributed by atoms with E-state index in [1.807, 2.05) is 10.6 Å². The van der Waals surface area contributed by atoms with Crippen LogP contribution in [0.3, 0.4) is 0 Å². The molecule has 0 fully saturated rings. The number of fused-ring (bicyclic) bond motifs is 2. The number of aromatic nitrogens is 3. The molecule has 1 aliphatic rings. The number of hydrogen-bond donors (Lipinski definition) is 2. The first-order chi connectivity index (χ1) is 12.2. The Hall–Kier alpha value is -2.25. The predicted molar refractivity (Wildman–Crippen MR) is 97.0 cm³/mol. The first-order valence-corrected chi connectivity index (χ1v) is 9.37. The number of nitrogens with zero attached hydrogens (tertiary/aromatic N) is 3. The molecule has 1 amide bonds. The molecule has 3 aromatic rings. The van der Waals surface area contributed by atoms with E-state index in [4.69, 9.17) is 5.11 Å². The Kier molecular flexibility index (Phi) is 4.50. The van der Waals surface area contributed by atoms with E-state index in [1.165, 1.54) is 17.0 Å². The molecule has 7 heteroatoms. The van der Waals surface area contributed by atoms with Crippen molar-refractivity contribution in [2.24, 2.45) is 0 Å². The summed E-state index contributed by atoms with van der Waals surface area (Å²) in [5, 5.41) is 13.1. The standard InChI is InChI=1S/C18H20N4O2S/c23-9-8-22-11-20-14-10-12(4-5-15(14)22)18(24)19-7-6-17-21-13-2-1-3-16(13)25-17/h4-5,10-11,23H,1-3,6-9H2,(H,19,24). The summed E-state index contributed by atoms with van der Waals surface area (Å²) >= 11 is 1.78. The molecule has 0 aliphatic heterocycles. The van der Waals surface area contributed by atoms with Gasteiger partial charge in [-0.1, -0.05) is 0 Å². The van der Waals surface area contributed by atoms with Crippen LogP contribution in [0, 0.1) is 0 Å². The van der Waals surface area contributed by atoms with Crippen LogP contribution in [0.25, 0.3) is 11.0 Å². The first kappa shape index (κ1) is 16.2. The molecule has 0 atom stereocenters. The van der Waals surface area contributed by atoms with Crippen LogP contribution >= 0.6 is 11.3 Å². The van der Waals surface area contributed by atoms with E-state index >= 15 is 0 Å². The highest BCUT2D eigenvalue weighted by Gasteiger charge is 2.16. The van der Waals surface area contributed by atoms with E-state index < -0.39 is 0 Å². The Balaban J connectivity index is 1.37. The number of thiazole rings is 1. The minimum absolute atomic E-state index is 0.0634. The van der Waals surface area contributed by atoms with Gasteiger partial charge in [-0.2, -0.15) is 0 Å². The van der Waals surface area contributed by atoms with Crippen molar-refractivity contribution in [3.63, 3.8) is 0 Å². The quantitative estimate of drug-likeness (QED) is 0.707. The Morgan fingerprint density at radius 2 is 2.28 bits per heavy atom. The van der Waals surface area contributed by atoms with Crippen LogP contribution in [0.4, 0.5) is 0 Å². The molecule has 6 nitrogen and oxygen atoms in total. The third kappa shape index (κ3) is 3.29. The normalized spacial score (nSPS) is 13.3. The van der Waals surface area contributed by atoms with Crippen molar-refractivity contribution in [3.05, 3.63) is 45.7 Å². The topological polar surface area (TPSA) is 80.0 Å². The van der Waals surface area contributed by atoms with Gasteiger partial charge in [0.1, 0.15) is 0 Å². The molecule has 0 saturated carbocycles. The summed E-state index contributed by atoms with van der Waals surface area (Å²) < 4.78 is 1.87. The molecule has 1 aromatic carbocycles. The van der Waals surface area contributed by atoms with Gasteiger partial charge in [0.25, 0.3) is 5.91 Å². The van der Waals surface area contributed by atoms with Crippen LogP contribution in [0.5, 0.6) is 0 Å². The van der Waals surface area contributed by atoms with Gasteiger partial charge in [0.2, 0.25) is 0 Å². The molecule has 2 heterocycles. The van der Waals surface area contributed by atoms with Gasteiger partial charge >= 0.3 is 0 Å².